The molecule has 7 heteroatoms. The van der Waals surface area contributed by atoms with Crippen LogP contribution in [0.25, 0.3) is 0 Å². The molecule has 3 fully saturated rings. The molecule has 1 atom stereocenters. The number of ether oxygens (including phenoxy) is 1. The second-order valence-corrected chi connectivity index (χ2v) is 11.0. The van der Waals surface area contributed by atoms with Gasteiger partial charge in [0.05, 0.1) is 13.1 Å². The van der Waals surface area contributed by atoms with Crippen molar-refractivity contribution in [2.24, 2.45) is 5.92 Å². The highest BCUT2D eigenvalue weighted by atomic mass is 79.9. The molecule has 7 rings (SSSR count). The average molecular weight is 547 g/mol. The minimum atomic E-state index is -1.49. The van der Waals surface area contributed by atoms with Gasteiger partial charge in [0.2, 0.25) is 5.82 Å². The molecule has 0 unspecified atom stereocenters. The Morgan fingerprint density at radius 2 is 1.61 bits per heavy atom. The smallest absolute Gasteiger partial charge is 0.282 e. The third kappa shape index (κ3) is 4.36. The van der Waals surface area contributed by atoms with Crippen LogP contribution in [-0.4, -0.2) is 45.5 Å². The standard InChI is InChI=1S/C29H29BrN3O3/c30-24-12-7-13-25(18-24)35-26-19-33(16-14-21(26)15-17-33)20-27-31-28(32-36-27)29(34,22-8-3-1-4-9-22)23-10-5-2-6-11-23/h1-13,18,21,26,34H,14-17,19-20H2/q+1/t21?,26-,33?/m0/s1. The lowest BCUT2D eigenvalue weighted by atomic mass is 9.83. The van der Waals surface area contributed by atoms with Gasteiger partial charge in [-0.3, -0.25) is 0 Å². The van der Waals surface area contributed by atoms with E-state index in [1.807, 2.05) is 84.9 Å². The molecule has 2 bridgehead atoms. The number of halogens is 1. The van der Waals surface area contributed by atoms with Crippen molar-refractivity contribution in [3.05, 3.63) is 112 Å². The van der Waals surface area contributed by atoms with Crippen LogP contribution in [-0.2, 0) is 12.1 Å². The van der Waals surface area contributed by atoms with Crippen LogP contribution >= 0.6 is 15.9 Å². The maximum absolute atomic E-state index is 12.0. The number of rotatable bonds is 7. The molecule has 36 heavy (non-hydrogen) atoms. The van der Waals surface area contributed by atoms with Gasteiger partial charge in [-0.05, 0) is 29.3 Å². The Morgan fingerprint density at radius 1 is 0.944 bits per heavy atom. The van der Waals surface area contributed by atoms with Crippen LogP contribution in [0.5, 0.6) is 5.75 Å². The van der Waals surface area contributed by atoms with E-state index >= 15 is 0 Å². The summed E-state index contributed by atoms with van der Waals surface area (Å²) in [6.07, 6.45) is 2.41. The lowest BCUT2D eigenvalue weighted by Crippen LogP contribution is -2.64. The van der Waals surface area contributed by atoms with Crippen molar-refractivity contribution in [1.29, 1.82) is 0 Å². The van der Waals surface area contributed by atoms with Gasteiger partial charge in [-0.2, -0.15) is 4.98 Å². The number of hydrogen-bond acceptors (Lipinski definition) is 5. The van der Waals surface area contributed by atoms with E-state index in [9.17, 15) is 5.11 Å². The van der Waals surface area contributed by atoms with Crippen LogP contribution in [0.3, 0.4) is 0 Å². The Bertz CT molecular complexity index is 1280. The zero-order chi connectivity index (χ0) is 24.6. The van der Waals surface area contributed by atoms with E-state index in [-0.39, 0.29) is 11.9 Å². The largest absolute Gasteiger partial charge is 0.484 e. The van der Waals surface area contributed by atoms with Gasteiger partial charge in [0.15, 0.2) is 18.2 Å². The fourth-order valence-electron chi connectivity index (χ4n) is 5.83. The van der Waals surface area contributed by atoms with Crippen molar-refractivity contribution in [2.45, 2.75) is 31.1 Å². The minimum Gasteiger partial charge on any atom is -0.484 e. The summed E-state index contributed by atoms with van der Waals surface area (Å²) in [5.74, 6) is 2.29. The van der Waals surface area contributed by atoms with Crippen LogP contribution in [0, 0.1) is 5.92 Å². The lowest BCUT2D eigenvalue weighted by molar-refractivity contribution is -0.959. The fraction of sp³-hybridized carbons (Fsp3) is 0.310. The van der Waals surface area contributed by atoms with E-state index in [2.05, 4.69) is 21.1 Å². The summed E-state index contributed by atoms with van der Waals surface area (Å²) in [7, 11) is 0. The molecule has 6 nitrogen and oxygen atoms in total. The summed E-state index contributed by atoms with van der Waals surface area (Å²) in [6, 6.07) is 27.1. The molecule has 3 saturated heterocycles. The Balaban J connectivity index is 1.26. The summed E-state index contributed by atoms with van der Waals surface area (Å²) < 4.78 is 14.1. The van der Waals surface area contributed by atoms with Gasteiger partial charge in [-0.25, -0.2) is 0 Å². The molecule has 3 aliphatic rings. The molecular weight excluding hydrogens is 518 g/mol. The molecule has 4 aromatic rings. The minimum absolute atomic E-state index is 0.162. The fourth-order valence-corrected chi connectivity index (χ4v) is 6.21. The van der Waals surface area contributed by atoms with Gasteiger partial charge in [-0.15, -0.1) is 0 Å². The number of aliphatic hydroxyl groups is 1. The van der Waals surface area contributed by atoms with Crippen LogP contribution in [0.15, 0.2) is 93.9 Å². The highest BCUT2D eigenvalue weighted by Gasteiger charge is 2.48. The number of piperidine rings is 3. The van der Waals surface area contributed by atoms with E-state index in [1.54, 1.807) is 0 Å². The van der Waals surface area contributed by atoms with Crippen molar-refractivity contribution >= 4 is 15.9 Å². The first kappa shape index (κ1) is 23.4. The first-order valence-electron chi connectivity index (χ1n) is 12.5. The normalized spacial score (nSPS) is 23.5. The molecule has 3 aromatic carbocycles. The first-order chi connectivity index (χ1) is 17.5. The predicted octanol–water partition coefficient (Wildman–Crippen LogP) is 5.30. The molecule has 1 aromatic heterocycles. The quantitative estimate of drug-likeness (QED) is 0.318. The maximum Gasteiger partial charge on any atom is 0.282 e. The van der Waals surface area contributed by atoms with Crippen molar-refractivity contribution in [3.63, 3.8) is 0 Å². The van der Waals surface area contributed by atoms with E-state index < -0.39 is 5.60 Å². The summed E-state index contributed by atoms with van der Waals surface area (Å²) in [4.78, 5) is 4.77. The molecule has 4 heterocycles. The Morgan fingerprint density at radius 3 is 2.25 bits per heavy atom. The predicted molar refractivity (Wildman–Crippen MR) is 139 cm³/mol. The van der Waals surface area contributed by atoms with Crippen molar-refractivity contribution in [3.8, 4) is 5.75 Å². The molecule has 0 aliphatic carbocycles. The highest BCUT2D eigenvalue weighted by Crippen LogP contribution is 2.39. The highest BCUT2D eigenvalue weighted by molar-refractivity contribution is 9.10. The van der Waals surface area contributed by atoms with Crippen LogP contribution in [0.4, 0.5) is 0 Å². The summed E-state index contributed by atoms with van der Waals surface area (Å²) in [6.45, 7) is 3.69. The number of nitrogens with zero attached hydrogens (tertiary/aromatic N) is 3. The van der Waals surface area contributed by atoms with Crippen LogP contribution in [0.1, 0.15) is 35.7 Å². The second-order valence-electron chi connectivity index (χ2n) is 10.0. The van der Waals surface area contributed by atoms with E-state index in [0.717, 1.165) is 47.2 Å². The first-order valence-corrected chi connectivity index (χ1v) is 13.3. The molecule has 184 valence electrons. The van der Waals surface area contributed by atoms with Crippen molar-refractivity contribution in [2.75, 3.05) is 19.6 Å². The molecule has 0 spiro atoms. The van der Waals surface area contributed by atoms with E-state index in [0.29, 0.717) is 29.5 Å². The zero-order valence-corrected chi connectivity index (χ0v) is 21.5. The SMILES string of the molecule is OC(c1ccccc1)(c1ccccc1)c1noc(C[N+]23CCC(CC2)[C@@H](Oc2cccc(Br)c2)C3)n1. The average Bonchev–Trinajstić information content (AvgIpc) is 3.38. The number of hydrogen-bond donors (Lipinski definition) is 1. The van der Waals surface area contributed by atoms with E-state index in [4.69, 9.17) is 14.2 Å². The molecule has 1 N–H and O–H groups in total. The zero-order valence-electron chi connectivity index (χ0n) is 20.0. The molecule has 3 aliphatic heterocycles. The van der Waals surface area contributed by atoms with Gasteiger partial charge < -0.3 is 18.8 Å². The topological polar surface area (TPSA) is 68.4 Å². The summed E-state index contributed by atoms with van der Waals surface area (Å²) >= 11 is 3.54. The Hall–Kier alpha value is -3.00. The lowest BCUT2D eigenvalue weighted by Gasteiger charge is -2.51. The Labute approximate surface area is 219 Å². The Kier molecular flexibility index (Phi) is 6.15. The third-order valence-electron chi connectivity index (χ3n) is 7.77. The van der Waals surface area contributed by atoms with Crippen molar-refractivity contribution in [1.82, 2.24) is 10.1 Å². The third-order valence-corrected chi connectivity index (χ3v) is 8.26. The van der Waals surface area contributed by atoms with Gasteiger partial charge in [0, 0.05) is 23.2 Å². The monoisotopic (exact) mass is 546 g/mol. The molecular formula is C29H29BrN3O3+. The van der Waals surface area contributed by atoms with Gasteiger partial charge >= 0.3 is 0 Å². The second kappa shape index (κ2) is 9.47. The van der Waals surface area contributed by atoms with E-state index in [1.165, 1.54) is 0 Å². The number of quaternary nitrogens is 1. The van der Waals surface area contributed by atoms with Crippen LogP contribution < -0.4 is 4.74 Å². The summed E-state index contributed by atoms with van der Waals surface area (Å²) in [5.41, 5.74) is -0.0837. The molecule has 0 saturated carbocycles. The van der Waals surface area contributed by atoms with Gasteiger partial charge in [0.1, 0.15) is 12.3 Å². The maximum atomic E-state index is 12.0. The number of aromatic nitrogens is 2. The van der Waals surface area contributed by atoms with Gasteiger partial charge in [0.25, 0.3) is 5.89 Å². The summed E-state index contributed by atoms with van der Waals surface area (Å²) in [5, 5.41) is 16.3. The van der Waals surface area contributed by atoms with Crippen molar-refractivity contribution < 1.29 is 18.8 Å². The van der Waals surface area contributed by atoms with Crippen LogP contribution in [0.2, 0.25) is 0 Å². The number of fused-ring (bicyclic) bond motifs is 3. The molecule has 0 amide bonds. The molecule has 0 radical (unpaired) electrons. The number of benzene rings is 3. The van der Waals surface area contributed by atoms with Gasteiger partial charge in [-0.1, -0.05) is 87.8 Å².